The van der Waals surface area contributed by atoms with Gasteiger partial charge in [0.2, 0.25) is 5.41 Å². The highest BCUT2D eigenvalue weighted by Crippen LogP contribution is 2.28. The quantitative estimate of drug-likeness (QED) is 0.607. The topological polar surface area (TPSA) is 102 Å². The van der Waals surface area contributed by atoms with Gasteiger partial charge in [-0.05, 0) is 34.6 Å². The second-order valence-electron chi connectivity index (χ2n) is 4.44. The van der Waals surface area contributed by atoms with Crippen LogP contribution in [0.5, 0.6) is 0 Å². The Morgan fingerprint density at radius 1 is 0.632 bits per heavy atom. The van der Waals surface area contributed by atoms with E-state index in [1.54, 1.807) is 0 Å². The molecule has 19 heavy (non-hydrogen) atoms. The molecule has 6 heteroatoms. The lowest BCUT2D eigenvalue weighted by molar-refractivity contribution is -0.155. The Bertz CT molecular complexity index is 435. The van der Waals surface area contributed by atoms with Gasteiger partial charge in [-0.3, -0.25) is 28.8 Å². The molecule has 0 aliphatic carbocycles. The van der Waals surface area contributed by atoms with Gasteiger partial charge in [-0.1, -0.05) is 0 Å². The fourth-order valence-corrected chi connectivity index (χ4v) is 2.14. The van der Waals surface area contributed by atoms with Crippen LogP contribution in [0.15, 0.2) is 0 Å². The van der Waals surface area contributed by atoms with Crippen LogP contribution in [0.1, 0.15) is 34.6 Å². The zero-order valence-electron chi connectivity index (χ0n) is 11.5. The zero-order chi connectivity index (χ0) is 15.5. The van der Waals surface area contributed by atoms with Crippen molar-refractivity contribution in [3.8, 4) is 0 Å². The van der Waals surface area contributed by atoms with Crippen LogP contribution < -0.4 is 0 Å². The number of hydrogen-bond acceptors (Lipinski definition) is 6. The zero-order valence-corrected chi connectivity index (χ0v) is 11.5. The van der Waals surface area contributed by atoms with Gasteiger partial charge >= 0.3 is 0 Å². The van der Waals surface area contributed by atoms with Crippen LogP contribution in [0, 0.1) is 11.3 Å². The summed E-state index contributed by atoms with van der Waals surface area (Å²) in [4.78, 5) is 70.0. The highest BCUT2D eigenvalue weighted by Gasteiger charge is 2.56. The Morgan fingerprint density at radius 3 is 1.05 bits per heavy atom. The molecule has 0 aromatic carbocycles. The van der Waals surface area contributed by atoms with Crippen LogP contribution in [0.3, 0.4) is 0 Å². The first kappa shape index (κ1) is 17.0. The van der Waals surface area contributed by atoms with Gasteiger partial charge in [0.25, 0.3) is 0 Å². The number of rotatable bonds is 7. The van der Waals surface area contributed by atoms with E-state index in [0.717, 1.165) is 34.6 Å². The van der Waals surface area contributed by atoms with Crippen molar-refractivity contribution in [2.75, 3.05) is 0 Å². The molecule has 6 nitrogen and oxygen atoms in total. The lowest BCUT2D eigenvalue weighted by atomic mass is 9.68. The predicted molar refractivity (Wildman–Crippen MR) is 64.3 cm³/mol. The first-order valence-electron chi connectivity index (χ1n) is 5.59. The van der Waals surface area contributed by atoms with Crippen LogP contribution >= 0.6 is 0 Å². The summed E-state index contributed by atoms with van der Waals surface area (Å²) in [5, 5.41) is 0. The highest BCUT2D eigenvalue weighted by molar-refractivity contribution is 6.42. The number of ketones is 6. The Morgan fingerprint density at radius 2 is 0.895 bits per heavy atom. The maximum atomic E-state index is 12.3. The van der Waals surface area contributed by atoms with Crippen molar-refractivity contribution < 1.29 is 28.8 Å². The fraction of sp³-hybridized carbons (Fsp3) is 0.538. The largest absolute Gasteiger partial charge is 0.299 e. The molecule has 0 aromatic rings. The van der Waals surface area contributed by atoms with Gasteiger partial charge in [0.05, 0.1) is 0 Å². The highest BCUT2D eigenvalue weighted by atomic mass is 16.2. The van der Waals surface area contributed by atoms with Crippen LogP contribution in [-0.4, -0.2) is 34.7 Å². The molecule has 0 atom stereocenters. The third-order valence-corrected chi connectivity index (χ3v) is 3.03. The van der Waals surface area contributed by atoms with E-state index >= 15 is 0 Å². The van der Waals surface area contributed by atoms with Crippen molar-refractivity contribution >= 4 is 34.7 Å². The molecule has 0 saturated heterocycles. The molecule has 0 aliphatic heterocycles. The Balaban J connectivity index is 6.18. The molecule has 0 bridgehead atoms. The van der Waals surface area contributed by atoms with E-state index in [9.17, 15) is 28.8 Å². The monoisotopic (exact) mass is 268 g/mol. The van der Waals surface area contributed by atoms with E-state index in [0.29, 0.717) is 0 Å². The number of hydrogen-bond donors (Lipinski definition) is 0. The summed E-state index contributed by atoms with van der Waals surface area (Å²) < 4.78 is 0. The SMILES string of the molecule is CC(=O)C(C(C)=O)C(=O)C(C(C)=O)(C(C)=O)C(C)=O. The molecule has 0 rings (SSSR count). The Labute approximate surface area is 110 Å². The van der Waals surface area contributed by atoms with Crippen molar-refractivity contribution in [3.63, 3.8) is 0 Å². The number of carbonyl (C=O) groups is 6. The van der Waals surface area contributed by atoms with Gasteiger partial charge in [-0.15, -0.1) is 0 Å². The van der Waals surface area contributed by atoms with Crippen LogP contribution in [0.2, 0.25) is 0 Å². The van der Waals surface area contributed by atoms with Gasteiger partial charge in [0.15, 0.2) is 23.1 Å². The minimum atomic E-state index is -2.55. The maximum absolute atomic E-state index is 12.3. The van der Waals surface area contributed by atoms with Crippen molar-refractivity contribution in [3.05, 3.63) is 0 Å². The first-order valence-corrected chi connectivity index (χ1v) is 5.59. The molecular weight excluding hydrogens is 252 g/mol. The molecular formula is C13H16O6. The molecule has 0 aromatic heterocycles. The molecule has 0 N–H and O–H groups in total. The summed E-state index contributed by atoms with van der Waals surface area (Å²) in [5.74, 6) is -7.56. The molecule has 0 fully saturated rings. The average molecular weight is 268 g/mol. The summed E-state index contributed by atoms with van der Waals surface area (Å²) in [6, 6.07) is 0. The van der Waals surface area contributed by atoms with Gasteiger partial charge < -0.3 is 0 Å². The van der Waals surface area contributed by atoms with Gasteiger partial charge in [-0.2, -0.15) is 0 Å². The summed E-state index contributed by atoms with van der Waals surface area (Å²) in [7, 11) is 0. The number of Topliss-reactive ketones (excluding diaryl/α,β-unsaturated/α-hetero) is 6. The predicted octanol–water partition coefficient (Wildman–Crippen LogP) is 0.103. The Kier molecular flexibility index (Phi) is 5.17. The minimum Gasteiger partial charge on any atom is -0.299 e. The Hall–Kier alpha value is -1.98. The van der Waals surface area contributed by atoms with E-state index in [4.69, 9.17) is 0 Å². The average Bonchev–Trinajstić information content (AvgIpc) is 2.13. The van der Waals surface area contributed by atoms with Crippen molar-refractivity contribution in [2.45, 2.75) is 34.6 Å². The lowest BCUT2D eigenvalue weighted by Crippen LogP contribution is -2.54. The minimum absolute atomic E-state index is 0.800. The molecule has 0 amide bonds. The van der Waals surface area contributed by atoms with Gasteiger partial charge in [0, 0.05) is 0 Å². The molecule has 0 spiro atoms. The van der Waals surface area contributed by atoms with E-state index in [1.807, 2.05) is 0 Å². The molecule has 0 heterocycles. The standard InChI is InChI=1S/C13H16O6/c1-6(14)11(7(2)15)12(19)13(8(3)16,9(4)17)10(5)18/h11H,1-5H3. The smallest absolute Gasteiger partial charge is 0.203 e. The fourth-order valence-electron chi connectivity index (χ4n) is 2.14. The normalized spacial score (nSPS) is 11.1. The summed E-state index contributed by atoms with van der Waals surface area (Å²) in [6.45, 7) is 4.73. The van der Waals surface area contributed by atoms with Gasteiger partial charge in [-0.25, -0.2) is 0 Å². The third kappa shape index (κ3) is 2.72. The first-order chi connectivity index (χ1) is 8.51. The van der Waals surface area contributed by atoms with Crippen LogP contribution in [0.25, 0.3) is 0 Å². The van der Waals surface area contributed by atoms with Gasteiger partial charge in [0.1, 0.15) is 17.5 Å². The molecule has 104 valence electrons. The second kappa shape index (κ2) is 5.77. The van der Waals surface area contributed by atoms with Crippen molar-refractivity contribution in [1.29, 1.82) is 0 Å². The number of carbonyl (C=O) groups excluding carboxylic acids is 6. The summed E-state index contributed by atoms with van der Waals surface area (Å²) in [5.41, 5.74) is -2.55. The summed E-state index contributed by atoms with van der Waals surface area (Å²) in [6.07, 6.45) is 0. The second-order valence-corrected chi connectivity index (χ2v) is 4.44. The van der Waals surface area contributed by atoms with E-state index in [2.05, 4.69) is 0 Å². The van der Waals surface area contributed by atoms with Crippen LogP contribution in [-0.2, 0) is 28.8 Å². The van der Waals surface area contributed by atoms with Crippen LogP contribution in [0.4, 0.5) is 0 Å². The van der Waals surface area contributed by atoms with Crippen molar-refractivity contribution in [1.82, 2.24) is 0 Å². The lowest BCUT2D eigenvalue weighted by Gasteiger charge is -2.26. The maximum Gasteiger partial charge on any atom is 0.203 e. The molecule has 0 radical (unpaired) electrons. The van der Waals surface area contributed by atoms with Crippen molar-refractivity contribution in [2.24, 2.45) is 11.3 Å². The van der Waals surface area contributed by atoms with E-state index < -0.39 is 46.0 Å². The molecule has 0 unspecified atom stereocenters. The van der Waals surface area contributed by atoms with E-state index in [1.165, 1.54) is 0 Å². The third-order valence-electron chi connectivity index (χ3n) is 3.03. The molecule has 0 saturated carbocycles. The summed E-state index contributed by atoms with van der Waals surface area (Å²) >= 11 is 0. The van der Waals surface area contributed by atoms with E-state index in [-0.39, 0.29) is 0 Å². The molecule has 0 aliphatic rings.